The molecule has 1 aromatic heterocycles. The number of carbonyl (C=O) groups is 1. The highest BCUT2D eigenvalue weighted by molar-refractivity contribution is 5.73. The first-order chi connectivity index (χ1) is 28.5. The Hall–Kier alpha value is -2.42. The number of rotatable bonds is 11. The van der Waals surface area contributed by atoms with Gasteiger partial charge in [-0.2, -0.15) is 4.98 Å². The molecule has 5 N–H and O–H groups in total. The zero-order valence-electron chi connectivity index (χ0n) is 39.1. The number of aliphatic hydroxyl groups excluding tert-OH is 2. The summed E-state index contributed by atoms with van der Waals surface area (Å²) in [6, 6.07) is 2.50. The van der Waals surface area contributed by atoms with Crippen molar-refractivity contribution in [1.29, 1.82) is 0 Å². The second-order valence-corrected chi connectivity index (χ2v) is 18.5. The van der Waals surface area contributed by atoms with Crippen LogP contribution in [0.3, 0.4) is 0 Å². The zero-order chi connectivity index (χ0) is 45.8. The van der Waals surface area contributed by atoms with Crippen LogP contribution in [0.2, 0.25) is 0 Å². The Bertz CT molecular complexity index is 1550. The molecule has 3 aliphatic heterocycles. The standard InChI is InChI=1S/C44H77N3O14/c1-16-31-44(10,52)36(48)27(6)47(12)22-23(2)20-42(8,51)38(25(4)34(26(5)40(50)59-31)60-33-21-43(9,55-15)37(49)28(7)57-33)61-41-35(29(45-11)19-24(3)56-41)58-30-17-18-32(53-13)46-39(30)54-14/h17-18,23-29,31,33-38,41,45,48-49,51-52H,16,19-22H2,1-15H3/t23?,24-,25?,26?,27?,28+,29+,31?,33+,34?,35-,36?,37+,38?,41+,42?,43-,44?/m1/s1. The van der Waals surface area contributed by atoms with Gasteiger partial charge in [0.15, 0.2) is 24.4 Å². The number of nitrogens with zero attached hydrogens (tertiary/aromatic N) is 2. The number of aromatic nitrogens is 1. The van der Waals surface area contributed by atoms with E-state index in [9.17, 15) is 25.2 Å². The Kier molecular flexibility index (Phi) is 17.7. The van der Waals surface area contributed by atoms with Gasteiger partial charge in [-0.3, -0.25) is 4.79 Å². The zero-order valence-corrected chi connectivity index (χ0v) is 39.1. The molecule has 3 saturated heterocycles. The van der Waals surface area contributed by atoms with Crippen molar-refractivity contribution in [1.82, 2.24) is 15.2 Å². The largest absolute Gasteiger partial charge is 0.481 e. The molecule has 0 aliphatic carbocycles. The molecule has 3 fully saturated rings. The van der Waals surface area contributed by atoms with Crippen molar-refractivity contribution in [3.63, 3.8) is 0 Å². The van der Waals surface area contributed by atoms with Crippen LogP contribution in [0, 0.1) is 17.8 Å². The predicted molar refractivity (Wildman–Crippen MR) is 225 cm³/mol. The second kappa shape index (κ2) is 21.0. The van der Waals surface area contributed by atoms with E-state index < -0.39 is 96.0 Å². The summed E-state index contributed by atoms with van der Waals surface area (Å²) in [4.78, 5) is 20.8. The molecule has 17 heteroatoms. The van der Waals surface area contributed by atoms with Crippen molar-refractivity contribution in [3.05, 3.63) is 12.1 Å². The summed E-state index contributed by atoms with van der Waals surface area (Å²) in [6.45, 7) is 18.1. The first kappa shape index (κ1) is 51.2. The molecule has 4 rings (SSSR count). The molecule has 0 bridgehead atoms. The quantitative estimate of drug-likeness (QED) is 0.203. The number of methoxy groups -OCH3 is 3. The van der Waals surface area contributed by atoms with Gasteiger partial charge in [-0.05, 0) is 93.8 Å². The van der Waals surface area contributed by atoms with Gasteiger partial charge < -0.3 is 73.3 Å². The number of ether oxygens (including phenoxy) is 9. The summed E-state index contributed by atoms with van der Waals surface area (Å²) in [7, 11) is 8.17. The van der Waals surface area contributed by atoms with Crippen LogP contribution in [-0.4, -0.2) is 169 Å². The molecule has 0 saturated carbocycles. The fourth-order valence-corrected chi connectivity index (χ4v) is 9.56. The Morgan fingerprint density at radius 2 is 1.61 bits per heavy atom. The van der Waals surface area contributed by atoms with Gasteiger partial charge in [0.05, 0.1) is 61.8 Å². The summed E-state index contributed by atoms with van der Waals surface area (Å²) in [5.41, 5.74) is -4.48. The van der Waals surface area contributed by atoms with Gasteiger partial charge in [-0.1, -0.05) is 20.8 Å². The van der Waals surface area contributed by atoms with E-state index in [0.717, 1.165) is 0 Å². The average Bonchev–Trinajstić information content (AvgIpc) is 3.21. The van der Waals surface area contributed by atoms with Gasteiger partial charge in [0.2, 0.25) is 5.88 Å². The number of hydrogen-bond donors (Lipinski definition) is 5. The van der Waals surface area contributed by atoms with Crippen molar-refractivity contribution in [2.45, 2.75) is 185 Å². The highest BCUT2D eigenvalue weighted by atomic mass is 16.7. The number of cyclic esters (lactones) is 1. The molecule has 17 nitrogen and oxygen atoms in total. The fourth-order valence-electron chi connectivity index (χ4n) is 9.56. The molecule has 0 radical (unpaired) electrons. The molecule has 1 aromatic rings. The molecule has 0 amide bonds. The number of esters is 1. The minimum absolute atomic E-state index is 0.113. The summed E-state index contributed by atoms with van der Waals surface area (Å²) in [5, 5.41) is 50.7. The second-order valence-electron chi connectivity index (χ2n) is 18.5. The molecule has 61 heavy (non-hydrogen) atoms. The lowest BCUT2D eigenvalue weighted by Gasteiger charge is -2.48. The molecule has 3 aliphatic rings. The van der Waals surface area contributed by atoms with Gasteiger partial charge in [0.1, 0.15) is 23.9 Å². The summed E-state index contributed by atoms with van der Waals surface area (Å²) in [6.07, 6.45) is -8.24. The van der Waals surface area contributed by atoms with Gasteiger partial charge in [-0.25, -0.2) is 0 Å². The number of pyridine rings is 1. The average molecular weight is 872 g/mol. The van der Waals surface area contributed by atoms with Crippen LogP contribution >= 0.6 is 0 Å². The van der Waals surface area contributed by atoms with Crippen LogP contribution < -0.4 is 19.5 Å². The maximum Gasteiger partial charge on any atom is 0.311 e. The van der Waals surface area contributed by atoms with E-state index in [1.54, 1.807) is 53.7 Å². The minimum atomic E-state index is -1.82. The van der Waals surface area contributed by atoms with Crippen molar-refractivity contribution >= 4 is 5.97 Å². The molecule has 4 heterocycles. The maximum atomic E-state index is 14.5. The SMILES string of the molecule is CCC1OC(=O)C(C)C(O[C@H]2C[C@@](C)(OC)[C@@H](O)[C@H](C)O2)C(C)C(O[C@@H]2O[C@H](C)C[C@H](NC)[C@H]2Oc2ccc(OC)nc2OC)C(C)(O)CC(C)CN(C)C(C)C(O)C1(C)O. The summed E-state index contributed by atoms with van der Waals surface area (Å²) in [5.74, 6) is -1.86. The van der Waals surface area contributed by atoms with E-state index in [0.29, 0.717) is 24.6 Å². The van der Waals surface area contributed by atoms with Crippen molar-refractivity contribution in [3.8, 4) is 17.5 Å². The Morgan fingerprint density at radius 3 is 2.20 bits per heavy atom. The molecule has 18 atom stereocenters. The van der Waals surface area contributed by atoms with Crippen molar-refractivity contribution in [2.24, 2.45) is 17.8 Å². The van der Waals surface area contributed by atoms with E-state index in [-0.39, 0.29) is 43.2 Å². The Morgan fingerprint density at radius 1 is 0.934 bits per heavy atom. The minimum Gasteiger partial charge on any atom is -0.481 e. The Balaban J connectivity index is 1.87. The lowest BCUT2D eigenvalue weighted by molar-refractivity contribution is -0.314. The topological polar surface area (TPSA) is 209 Å². The van der Waals surface area contributed by atoms with Crippen LogP contribution in [0.15, 0.2) is 12.1 Å². The molecule has 0 aromatic carbocycles. The first-order valence-corrected chi connectivity index (χ1v) is 21.8. The van der Waals surface area contributed by atoms with Crippen LogP contribution in [0.5, 0.6) is 17.5 Å². The normalized spacial score (nSPS) is 43.7. The monoisotopic (exact) mass is 872 g/mol. The van der Waals surface area contributed by atoms with Crippen LogP contribution in [0.4, 0.5) is 0 Å². The third kappa shape index (κ3) is 11.6. The predicted octanol–water partition coefficient (Wildman–Crippen LogP) is 3.06. The van der Waals surface area contributed by atoms with Crippen LogP contribution in [0.25, 0.3) is 0 Å². The summed E-state index contributed by atoms with van der Waals surface area (Å²) >= 11 is 0. The lowest BCUT2D eigenvalue weighted by Crippen LogP contribution is -2.61. The number of nitrogens with one attached hydrogen (secondary N) is 1. The molecule has 352 valence electrons. The van der Waals surface area contributed by atoms with Crippen molar-refractivity contribution in [2.75, 3.05) is 42.0 Å². The molecular weight excluding hydrogens is 794 g/mol. The lowest BCUT2D eigenvalue weighted by atomic mass is 9.77. The number of likely N-dealkylation sites (N-methyl/N-ethyl adjacent to an activating group) is 2. The third-order valence-corrected chi connectivity index (χ3v) is 13.4. The smallest absolute Gasteiger partial charge is 0.311 e. The fraction of sp³-hybridized carbons (Fsp3) is 0.864. The van der Waals surface area contributed by atoms with E-state index in [1.165, 1.54) is 28.3 Å². The third-order valence-electron chi connectivity index (χ3n) is 13.4. The highest BCUT2D eigenvalue weighted by Crippen LogP contribution is 2.41. The van der Waals surface area contributed by atoms with Crippen molar-refractivity contribution < 1.29 is 67.9 Å². The van der Waals surface area contributed by atoms with E-state index >= 15 is 0 Å². The van der Waals surface area contributed by atoms with E-state index in [2.05, 4.69) is 10.3 Å². The number of aliphatic hydroxyl groups is 4. The van der Waals surface area contributed by atoms with Gasteiger partial charge >= 0.3 is 5.97 Å². The van der Waals surface area contributed by atoms with E-state index in [1.807, 2.05) is 39.8 Å². The van der Waals surface area contributed by atoms with E-state index in [4.69, 9.17) is 42.6 Å². The van der Waals surface area contributed by atoms with Gasteiger partial charge in [0.25, 0.3) is 5.88 Å². The highest BCUT2D eigenvalue weighted by Gasteiger charge is 2.53. The number of hydrogen-bond acceptors (Lipinski definition) is 17. The summed E-state index contributed by atoms with van der Waals surface area (Å²) < 4.78 is 56.2. The maximum absolute atomic E-state index is 14.5. The number of carbonyl (C=O) groups excluding carboxylic acids is 1. The van der Waals surface area contributed by atoms with Crippen LogP contribution in [-0.2, 0) is 33.2 Å². The van der Waals surface area contributed by atoms with Gasteiger partial charge in [0, 0.05) is 38.1 Å². The van der Waals surface area contributed by atoms with Crippen LogP contribution in [0.1, 0.15) is 94.9 Å². The molecule has 0 spiro atoms. The first-order valence-electron chi connectivity index (χ1n) is 21.8. The Labute approximate surface area is 363 Å². The molecular formula is C44H77N3O14. The molecule has 10 unspecified atom stereocenters. The van der Waals surface area contributed by atoms with Gasteiger partial charge in [-0.15, -0.1) is 0 Å².